The first-order valence-electron chi connectivity index (χ1n) is 5.91. The quantitative estimate of drug-likeness (QED) is 0.602. The first kappa shape index (κ1) is 14.1. The minimum atomic E-state index is -0.424. The fraction of sp³-hybridized carbons (Fsp3) is 0.0667. The number of benzene rings is 2. The van der Waals surface area contributed by atoms with Gasteiger partial charge < -0.3 is 4.74 Å². The molecule has 4 nitrogen and oxygen atoms in total. The fourth-order valence-electron chi connectivity index (χ4n) is 1.60. The van der Waals surface area contributed by atoms with Gasteiger partial charge >= 0.3 is 0 Å². The van der Waals surface area contributed by atoms with Gasteiger partial charge in [0.05, 0.1) is 4.92 Å². The van der Waals surface area contributed by atoms with Crippen molar-refractivity contribution >= 4 is 17.7 Å². The predicted octanol–water partition coefficient (Wildman–Crippen LogP) is 4.77. The summed E-state index contributed by atoms with van der Waals surface area (Å²) in [4.78, 5) is 10.2. The molecule has 0 unspecified atom stereocenters. The van der Waals surface area contributed by atoms with Gasteiger partial charge in [-0.15, -0.1) is 0 Å². The van der Waals surface area contributed by atoms with Gasteiger partial charge in [-0.3, -0.25) is 10.1 Å². The van der Waals surface area contributed by atoms with E-state index < -0.39 is 4.92 Å². The van der Waals surface area contributed by atoms with Crippen molar-refractivity contribution in [3.05, 3.63) is 74.9 Å². The molecular formula is C15H12ClNO3. The van der Waals surface area contributed by atoms with Crippen molar-refractivity contribution in [1.82, 2.24) is 0 Å². The highest BCUT2D eigenvalue weighted by Crippen LogP contribution is 2.24. The van der Waals surface area contributed by atoms with Crippen molar-refractivity contribution < 1.29 is 9.66 Å². The smallest absolute Gasteiger partial charge is 0.243 e. The van der Waals surface area contributed by atoms with Crippen LogP contribution in [-0.4, -0.2) is 4.92 Å². The first-order chi connectivity index (χ1) is 9.54. The van der Waals surface area contributed by atoms with Crippen LogP contribution in [0.2, 0.25) is 5.02 Å². The molecule has 20 heavy (non-hydrogen) atoms. The van der Waals surface area contributed by atoms with Crippen LogP contribution in [0.5, 0.6) is 11.5 Å². The summed E-state index contributed by atoms with van der Waals surface area (Å²) in [6, 6.07) is 14.1. The normalized spacial score (nSPS) is 11.2. The lowest BCUT2D eigenvalue weighted by Crippen LogP contribution is -1.93. The van der Waals surface area contributed by atoms with Crippen molar-refractivity contribution in [2.24, 2.45) is 0 Å². The summed E-state index contributed by atoms with van der Waals surface area (Å²) in [5.41, 5.74) is 0.791. The number of hydrogen-bond donors (Lipinski definition) is 0. The fourth-order valence-corrected chi connectivity index (χ4v) is 1.73. The zero-order valence-corrected chi connectivity index (χ0v) is 11.5. The Kier molecular flexibility index (Phi) is 4.38. The van der Waals surface area contributed by atoms with E-state index in [0.717, 1.165) is 0 Å². The van der Waals surface area contributed by atoms with E-state index in [-0.39, 0.29) is 5.70 Å². The van der Waals surface area contributed by atoms with Crippen LogP contribution in [0, 0.1) is 10.1 Å². The molecule has 102 valence electrons. The van der Waals surface area contributed by atoms with Crippen molar-refractivity contribution in [2.75, 3.05) is 0 Å². The van der Waals surface area contributed by atoms with Gasteiger partial charge in [-0.05, 0) is 42.0 Å². The maximum Gasteiger partial charge on any atom is 0.243 e. The Labute approximate surface area is 121 Å². The maximum atomic E-state index is 10.6. The highest BCUT2D eigenvalue weighted by molar-refractivity contribution is 6.30. The molecule has 0 radical (unpaired) electrons. The summed E-state index contributed by atoms with van der Waals surface area (Å²) in [7, 11) is 0. The van der Waals surface area contributed by atoms with Crippen molar-refractivity contribution in [3.63, 3.8) is 0 Å². The van der Waals surface area contributed by atoms with Crippen LogP contribution >= 0.6 is 11.6 Å². The van der Waals surface area contributed by atoms with E-state index in [1.807, 2.05) is 0 Å². The van der Waals surface area contributed by atoms with Crippen LogP contribution in [0.3, 0.4) is 0 Å². The molecule has 0 atom stereocenters. The Hall–Kier alpha value is -2.33. The molecule has 0 spiro atoms. The van der Waals surface area contributed by atoms with E-state index in [1.54, 1.807) is 48.5 Å². The van der Waals surface area contributed by atoms with Gasteiger partial charge in [-0.1, -0.05) is 23.7 Å². The van der Waals surface area contributed by atoms with Crippen LogP contribution in [0.15, 0.2) is 54.2 Å². The van der Waals surface area contributed by atoms with E-state index in [9.17, 15) is 10.1 Å². The molecule has 2 rings (SSSR count). The molecule has 0 aliphatic rings. The van der Waals surface area contributed by atoms with Crippen LogP contribution < -0.4 is 4.74 Å². The molecule has 0 bridgehead atoms. The second-order valence-corrected chi connectivity index (χ2v) is 4.61. The molecule has 0 aromatic heterocycles. The third kappa shape index (κ3) is 3.83. The Balaban J connectivity index is 2.20. The van der Waals surface area contributed by atoms with Gasteiger partial charge in [0.2, 0.25) is 5.70 Å². The molecule has 0 fully saturated rings. The zero-order valence-electron chi connectivity index (χ0n) is 10.7. The molecule has 2 aromatic carbocycles. The minimum Gasteiger partial charge on any atom is -0.457 e. The largest absolute Gasteiger partial charge is 0.457 e. The number of rotatable bonds is 4. The van der Waals surface area contributed by atoms with Gasteiger partial charge in [0.1, 0.15) is 11.5 Å². The lowest BCUT2D eigenvalue weighted by molar-refractivity contribution is -0.422. The SMILES string of the molecule is C/C(=C\c1cccc(Oc2ccc(Cl)cc2)c1)[N+](=O)[O-]. The summed E-state index contributed by atoms with van der Waals surface area (Å²) in [5, 5.41) is 11.2. The molecule has 0 saturated heterocycles. The Morgan fingerprint density at radius 2 is 1.90 bits per heavy atom. The van der Waals surface area contributed by atoms with E-state index in [0.29, 0.717) is 22.1 Å². The van der Waals surface area contributed by atoms with Gasteiger partial charge in [-0.25, -0.2) is 0 Å². The van der Waals surface area contributed by atoms with Crippen LogP contribution in [-0.2, 0) is 0 Å². The number of nitro groups is 1. The first-order valence-corrected chi connectivity index (χ1v) is 6.28. The summed E-state index contributed by atoms with van der Waals surface area (Å²) in [6.07, 6.45) is 1.49. The van der Waals surface area contributed by atoms with Crippen LogP contribution in [0.4, 0.5) is 0 Å². The summed E-state index contributed by atoms with van der Waals surface area (Å²) in [6.45, 7) is 1.45. The van der Waals surface area contributed by atoms with Crippen LogP contribution in [0.25, 0.3) is 6.08 Å². The van der Waals surface area contributed by atoms with Crippen molar-refractivity contribution in [2.45, 2.75) is 6.92 Å². The molecule has 0 aliphatic heterocycles. The molecule has 5 heteroatoms. The third-order valence-corrected chi connectivity index (χ3v) is 2.82. The van der Waals surface area contributed by atoms with Gasteiger partial charge in [0.25, 0.3) is 0 Å². The number of allylic oxidation sites excluding steroid dienone is 1. The summed E-state index contributed by atoms with van der Waals surface area (Å²) >= 11 is 5.80. The molecule has 0 aliphatic carbocycles. The number of hydrogen-bond acceptors (Lipinski definition) is 3. The molecule has 2 aromatic rings. The summed E-state index contributed by atoms with van der Waals surface area (Å²) in [5.74, 6) is 1.26. The topological polar surface area (TPSA) is 52.4 Å². The average molecular weight is 290 g/mol. The number of nitrogens with zero attached hydrogens (tertiary/aromatic N) is 1. The predicted molar refractivity (Wildman–Crippen MR) is 78.6 cm³/mol. The zero-order chi connectivity index (χ0) is 14.5. The Morgan fingerprint density at radius 3 is 2.55 bits per heavy atom. The number of halogens is 1. The van der Waals surface area contributed by atoms with E-state index in [1.165, 1.54) is 13.0 Å². The van der Waals surface area contributed by atoms with Crippen LogP contribution in [0.1, 0.15) is 12.5 Å². The molecule has 0 saturated carbocycles. The molecular weight excluding hydrogens is 278 g/mol. The van der Waals surface area contributed by atoms with Crippen molar-refractivity contribution in [1.29, 1.82) is 0 Å². The van der Waals surface area contributed by atoms with E-state index in [2.05, 4.69) is 0 Å². The Bertz CT molecular complexity index is 650. The van der Waals surface area contributed by atoms with Gasteiger partial charge in [-0.2, -0.15) is 0 Å². The highest BCUT2D eigenvalue weighted by Gasteiger charge is 2.03. The molecule has 0 amide bonds. The second kappa shape index (κ2) is 6.21. The van der Waals surface area contributed by atoms with Crippen molar-refractivity contribution in [3.8, 4) is 11.5 Å². The second-order valence-electron chi connectivity index (χ2n) is 4.17. The monoisotopic (exact) mass is 289 g/mol. The standard InChI is InChI=1S/C15H12ClNO3/c1-11(17(18)19)9-12-3-2-4-15(10-12)20-14-7-5-13(16)6-8-14/h2-10H,1H3/b11-9+. The molecule has 0 N–H and O–H groups in total. The maximum absolute atomic E-state index is 10.6. The Morgan fingerprint density at radius 1 is 1.20 bits per heavy atom. The lowest BCUT2D eigenvalue weighted by Gasteiger charge is -2.06. The molecule has 0 heterocycles. The highest BCUT2D eigenvalue weighted by atomic mass is 35.5. The van der Waals surface area contributed by atoms with E-state index in [4.69, 9.17) is 16.3 Å². The minimum absolute atomic E-state index is 0.0774. The van der Waals surface area contributed by atoms with E-state index >= 15 is 0 Å². The van der Waals surface area contributed by atoms with Gasteiger partial charge in [0.15, 0.2) is 0 Å². The number of ether oxygens (including phenoxy) is 1. The summed E-state index contributed by atoms with van der Waals surface area (Å²) < 4.78 is 5.66. The average Bonchev–Trinajstić information content (AvgIpc) is 2.42. The lowest BCUT2D eigenvalue weighted by atomic mass is 10.2. The van der Waals surface area contributed by atoms with Gasteiger partial charge in [0, 0.05) is 18.0 Å². The third-order valence-electron chi connectivity index (χ3n) is 2.57.